The highest BCUT2D eigenvalue weighted by atomic mass is 16.2. The van der Waals surface area contributed by atoms with Crippen molar-refractivity contribution >= 4 is 11.9 Å². The quantitative estimate of drug-likeness (QED) is 0.674. The number of piperazine rings is 1. The number of aliphatic imine (C=N–C) groups is 1. The first kappa shape index (κ1) is 17.2. The molecule has 2 rings (SSSR count). The number of nitrogens with one attached hydrogen (secondary N) is 1. The molecule has 0 aromatic carbocycles. The number of carbonyl (C=O) groups excluding carboxylic acids is 1. The van der Waals surface area contributed by atoms with Crippen LogP contribution in [0.2, 0.25) is 0 Å². The number of amides is 1. The van der Waals surface area contributed by atoms with Gasteiger partial charge < -0.3 is 15.1 Å². The Morgan fingerprint density at radius 3 is 2.52 bits per heavy atom. The molecular formula is C17H27N5O. The van der Waals surface area contributed by atoms with Crippen molar-refractivity contribution in [2.45, 2.75) is 27.3 Å². The van der Waals surface area contributed by atoms with E-state index in [2.05, 4.69) is 33.2 Å². The van der Waals surface area contributed by atoms with Crippen LogP contribution >= 0.6 is 0 Å². The van der Waals surface area contributed by atoms with Gasteiger partial charge in [-0.1, -0.05) is 19.9 Å². The van der Waals surface area contributed by atoms with E-state index in [9.17, 15) is 4.79 Å². The minimum absolute atomic E-state index is 0.0612. The molecule has 1 aliphatic rings. The second-order valence-corrected chi connectivity index (χ2v) is 6.13. The second-order valence-electron chi connectivity index (χ2n) is 6.13. The van der Waals surface area contributed by atoms with E-state index in [1.165, 1.54) is 5.56 Å². The Balaban J connectivity index is 1.88. The molecule has 0 radical (unpaired) electrons. The van der Waals surface area contributed by atoms with Crippen molar-refractivity contribution in [3.63, 3.8) is 0 Å². The maximum Gasteiger partial charge on any atom is 0.225 e. The van der Waals surface area contributed by atoms with E-state index < -0.39 is 0 Å². The zero-order valence-corrected chi connectivity index (χ0v) is 14.5. The van der Waals surface area contributed by atoms with Crippen molar-refractivity contribution in [3.05, 3.63) is 29.6 Å². The average Bonchev–Trinajstić information content (AvgIpc) is 2.56. The van der Waals surface area contributed by atoms with E-state index in [0.717, 1.165) is 37.8 Å². The van der Waals surface area contributed by atoms with E-state index in [1.54, 1.807) is 7.05 Å². The number of carbonyl (C=O) groups is 1. The summed E-state index contributed by atoms with van der Waals surface area (Å²) in [5.74, 6) is 1.16. The first-order valence-corrected chi connectivity index (χ1v) is 8.17. The van der Waals surface area contributed by atoms with Crippen LogP contribution in [-0.4, -0.2) is 59.9 Å². The molecule has 1 N–H and O–H groups in total. The zero-order chi connectivity index (χ0) is 16.8. The molecule has 0 spiro atoms. The minimum atomic E-state index is 0.0612. The predicted octanol–water partition coefficient (Wildman–Crippen LogP) is 1.27. The lowest BCUT2D eigenvalue weighted by atomic mass is 10.1. The number of rotatable bonds is 3. The summed E-state index contributed by atoms with van der Waals surface area (Å²) >= 11 is 0. The third-order valence-electron chi connectivity index (χ3n) is 4.13. The number of hydrogen-bond acceptors (Lipinski definition) is 3. The summed E-state index contributed by atoms with van der Waals surface area (Å²) < 4.78 is 0. The number of aromatic nitrogens is 1. The molecule has 0 saturated carbocycles. The van der Waals surface area contributed by atoms with Gasteiger partial charge >= 0.3 is 0 Å². The molecule has 1 aliphatic heterocycles. The van der Waals surface area contributed by atoms with Gasteiger partial charge in [0.05, 0.1) is 12.2 Å². The van der Waals surface area contributed by atoms with E-state index in [-0.39, 0.29) is 11.8 Å². The van der Waals surface area contributed by atoms with Crippen LogP contribution in [0.5, 0.6) is 0 Å². The van der Waals surface area contributed by atoms with Gasteiger partial charge in [-0.2, -0.15) is 0 Å². The van der Waals surface area contributed by atoms with Crippen LogP contribution in [0.4, 0.5) is 0 Å². The van der Waals surface area contributed by atoms with Gasteiger partial charge in [0.2, 0.25) is 5.91 Å². The number of hydrogen-bond donors (Lipinski definition) is 1. The highest BCUT2D eigenvalue weighted by Crippen LogP contribution is 2.08. The molecule has 1 amide bonds. The van der Waals surface area contributed by atoms with Crippen LogP contribution in [0.1, 0.15) is 25.1 Å². The fraction of sp³-hybridized carbons (Fsp3) is 0.588. The summed E-state index contributed by atoms with van der Waals surface area (Å²) in [5.41, 5.74) is 2.20. The molecule has 2 heterocycles. The van der Waals surface area contributed by atoms with E-state index >= 15 is 0 Å². The summed E-state index contributed by atoms with van der Waals surface area (Å²) in [7, 11) is 1.79. The van der Waals surface area contributed by atoms with Gasteiger partial charge in [-0.15, -0.1) is 0 Å². The van der Waals surface area contributed by atoms with Crippen molar-refractivity contribution in [1.82, 2.24) is 20.1 Å². The Bertz CT molecular complexity index is 562. The van der Waals surface area contributed by atoms with Gasteiger partial charge in [-0.25, -0.2) is 0 Å². The fourth-order valence-corrected chi connectivity index (χ4v) is 2.70. The SMILES string of the molecule is CN=C(NCc1ncccc1C)N1CCN(C(=O)C(C)C)CC1. The maximum atomic E-state index is 12.0. The Labute approximate surface area is 138 Å². The summed E-state index contributed by atoms with van der Waals surface area (Å²) in [6.07, 6.45) is 1.81. The molecule has 0 bridgehead atoms. The lowest BCUT2D eigenvalue weighted by Gasteiger charge is -2.37. The van der Waals surface area contributed by atoms with Crippen LogP contribution in [0.15, 0.2) is 23.3 Å². The topological polar surface area (TPSA) is 60.8 Å². The lowest BCUT2D eigenvalue weighted by molar-refractivity contribution is -0.135. The molecule has 0 atom stereocenters. The van der Waals surface area contributed by atoms with Crippen molar-refractivity contribution in [2.24, 2.45) is 10.9 Å². The Morgan fingerprint density at radius 2 is 1.96 bits per heavy atom. The zero-order valence-electron chi connectivity index (χ0n) is 14.5. The standard InChI is InChI=1S/C17H27N5O/c1-13(2)16(23)21-8-10-22(11-9-21)17(18-4)20-12-15-14(3)6-5-7-19-15/h5-7,13H,8-12H2,1-4H3,(H,18,20). The van der Waals surface area contributed by atoms with Gasteiger partial charge in [0.25, 0.3) is 0 Å². The normalized spacial score (nSPS) is 16.0. The monoisotopic (exact) mass is 317 g/mol. The largest absolute Gasteiger partial charge is 0.351 e. The third kappa shape index (κ3) is 4.43. The van der Waals surface area contributed by atoms with Crippen LogP contribution in [0.3, 0.4) is 0 Å². The van der Waals surface area contributed by atoms with Crippen molar-refractivity contribution in [2.75, 3.05) is 33.2 Å². The smallest absolute Gasteiger partial charge is 0.225 e. The van der Waals surface area contributed by atoms with Crippen LogP contribution in [0, 0.1) is 12.8 Å². The molecule has 1 saturated heterocycles. The van der Waals surface area contributed by atoms with Crippen LogP contribution in [0.25, 0.3) is 0 Å². The summed E-state index contributed by atoms with van der Waals surface area (Å²) in [4.78, 5) is 24.9. The van der Waals surface area contributed by atoms with E-state index in [4.69, 9.17) is 0 Å². The van der Waals surface area contributed by atoms with Gasteiger partial charge in [0.15, 0.2) is 5.96 Å². The molecule has 1 aromatic rings. The first-order chi connectivity index (χ1) is 11.0. The Kier molecular flexibility index (Phi) is 5.96. The van der Waals surface area contributed by atoms with E-state index in [1.807, 2.05) is 31.0 Å². The summed E-state index contributed by atoms with van der Waals surface area (Å²) in [6, 6.07) is 4.00. The summed E-state index contributed by atoms with van der Waals surface area (Å²) in [6.45, 7) is 9.72. The predicted molar refractivity (Wildman–Crippen MR) is 92.2 cm³/mol. The maximum absolute atomic E-state index is 12.0. The molecule has 6 heteroatoms. The first-order valence-electron chi connectivity index (χ1n) is 8.17. The van der Waals surface area contributed by atoms with Gasteiger partial charge in [-0.05, 0) is 18.6 Å². The lowest BCUT2D eigenvalue weighted by Crippen LogP contribution is -2.54. The van der Waals surface area contributed by atoms with Crippen LogP contribution in [-0.2, 0) is 11.3 Å². The minimum Gasteiger partial charge on any atom is -0.351 e. The molecule has 1 fully saturated rings. The third-order valence-corrected chi connectivity index (χ3v) is 4.13. The Hall–Kier alpha value is -2.11. The molecule has 126 valence electrons. The number of nitrogens with zero attached hydrogens (tertiary/aromatic N) is 4. The molecule has 0 unspecified atom stereocenters. The number of pyridine rings is 1. The fourth-order valence-electron chi connectivity index (χ4n) is 2.70. The highest BCUT2D eigenvalue weighted by Gasteiger charge is 2.24. The molecule has 0 aliphatic carbocycles. The number of aryl methyl sites for hydroxylation is 1. The molecular weight excluding hydrogens is 290 g/mol. The van der Waals surface area contributed by atoms with Gasteiger partial charge in [0.1, 0.15) is 0 Å². The molecule has 1 aromatic heterocycles. The summed E-state index contributed by atoms with van der Waals surface area (Å²) in [5, 5.41) is 3.37. The van der Waals surface area contributed by atoms with Crippen LogP contribution < -0.4 is 5.32 Å². The highest BCUT2D eigenvalue weighted by molar-refractivity contribution is 5.81. The van der Waals surface area contributed by atoms with E-state index in [0.29, 0.717) is 6.54 Å². The molecule has 23 heavy (non-hydrogen) atoms. The van der Waals surface area contributed by atoms with Crippen molar-refractivity contribution < 1.29 is 4.79 Å². The Morgan fingerprint density at radius 1 is 1.30 bits per heavy atom. The number of guanidine groups is 1. The second kappa shape index (κ2) is 7.94. The van der Waals surface area contributed by atoms with Crippen molar-refractivity contribution in [3.8, 4) is 0 Å². The van der Waals surface area contributed by atoms with Gasteiger partial charge in [-0.3, -0.25) is 14.8 Å². The van der Waals surface area contributed by atoms with Gasteiger partial charge in [0, 0.05) is 45.3 Å². The molecule has 6 nitrogen and oxygen atoms in total. The van der Waals surface area contributed by atoms with Crippen molar-refractivity contribution in [1.29, 1.82) is 0 Å². The average molecular weight is 317 g/mol.